The summed E-state index contributed by atoms with van der Waals surface area (Å²) in [6.07, 6.45) is -1.13. The number of rotatable bonds is 6. The van der Waals surface area contributed by atoms with Crippen molar-refractivity contribution >= 4 is 23.0 Å². The lowest BCUT2D eigenvalue weighted by Gasteiger charge is -2.18. The number of benzene rings is 1. The summed E-state index contributed by atoms with van der Waals surface area (Å²) >= 11 is 5.15. The minimum absolute atomic E-state index is 0.185. The number of nitrogens with one attached hydrogen (secondary N) is 2. The third-order valence-electron chi connectivity index (χ3n) is 3.24. The van der Waals surface area contributed by atoms with Crippen LogP contribution in [-0.4, -0.2) is 11.2 Å². The standard InChI is InChI=1S/C16H23F3N2S/c1-11(2)6-4-7-12(3)20-15(22)21-14-9-5-8-13(10-14)16(17,18)19/h5,8-12H,4,6-7H2,1-3H3,(H2,20,21,22). The summed E-state index contributed by atoms with van der Waals surface area (Å²) in [6, 6.07) is 5.20. The van der Waals surface area contributed by atoms with Crippen LogP contribution in [0.2, 0.25) is 0 Å². The van der Waals surface area contributed by atoms with Crippen molar-refractivity contribution in [1.82, 2.24) is 5.32 Å². The number of anilines is 1. The maximum Gasteiger partial charge on any atom is 0.416 e. The lowest BCUT2D eigenvalue weighted by molar-refractivity contribution is -0.137. The summed E-state index contributed by atoms with van der Waals surface area (Å²) in [5.41, 5.74) is -0.355. The van der Waals surface area contributed by atoms with Gasteiger partial charge in [0.2, 0.25) is 0 Å². The number of halogens is 3. The molecule has 1 rings (SSSR count). The molecule has 1 aromatic rings. The molecule has 22 heavy (non-hydrogen) atoms. The number of hydrogen-bond acceptors (Lipinski definition) is 1. The Morgan fingerprint density at radius 2 is 1.86 bits per heavy atom. The number of hydrogen-bond donors (Lipinski definition) is 2. The van der Waals surface area contributed by atoms with Gasteiger partial charge in [-0.1, -0.05) is 32.8 Å². The fraction of sp³-hybridized carbons (Fsp3) is 0.562. The lowest BCUT2D eigenvalue weighted by atomic mass is 10.0. The van der Waals surface area contributed by atoms with Crippen molar-refractivity contribution < 1.29 is 13.2 Å². The molecule has 0 bridgehead atoms. The largest absolute Gasteiger partial charge is 0.416 e. The van der Waals surface area contributed by atoms with Gasteiger partial charge in [-0.05, 0) is 49.7 Å². The average Bonchev–Trinajstić information content (AvgIpc) is 2.37. The molecule has 0 aliphatic rings. The summed E-state index contributed by atoms with van der Waals surface area (Å²) in [4.78, 5) is 0. The van der Waals surface area contributed by atoms with Crippen LogP contribution in [0.1, 0.15) is 45.6 Å². The predicted octanol–water partition coefficient (Wildman–Crippen LogP) is 5.21. The average molecular weight is 332 g/mol. The second kappa shape index (κ2) is 8.36. The highest BCUT2D eigenvalue weighted by Gasteiger charge is 2.30. The summed E-state index contributed by atoms with van der Waals surface area (Å²) in [5.74, 6) is 0.669. The highest BCUT2D eigenvalue weighted by Crippen LogP contribution is 2.30. The van der Waals surface area contributed by atoms with Gasteiger partial charge >= 0.3 is 6.18 Å². The Hall–Kier alpha value is -1.30. The maximum atomic E-state index is 12.6. The third-order valence-corrected chi connectivity index (χ3v) is 3.46. The maximum absolute atomic E-state index is 12.6. The van der Waals surface area contributed by atoms with Crippen molar-refractivity contribution in [2.24, 2.45) is 5.92 Å². The first-order valence-corrected chi connectivity index (χ1v) is 7.84. The smallest absolute Gasteiger partial charge is 0.360 e. The predicted molar refractivity (Wildman–Crippen MR) is 89.0 cm³/mol. The molecule has 0 radical (unpaired) electrons. The van der Waals surface area contributed by atoms with E-state index in [1.165, 1.54) is 6.07 Å². The van der Waals surface area contributed by atoms with Crippen molar-refractivity contribution in [2.75, 3.05) is 5.32 Å². The molecule has 0 saturated carbocycles. The Morgan fingerprint density at radius 3 is 2.45 bits per heavy atom. The highest BCUT2D eigenvalue weighted by molar-refractivity contribution is 7.80. The van der Waals surface area contributed by atoms with E-state index in [2.05, 4.69) is 24.5 Å². The van der Waals surface area contributed by atoms with Crippen LogP contribution in [0.15, 0.2) is 24.3 Å². The van der Waals surface area contributed by atoms with Crippen molar-refractivity contribution in [2.45, 2.75) is 52.3 Å². The first-order valence-electron chi connectivity index (χ1n) is 7.43. The molecule has 2 N–H and O–H groups in total. The zero-order chi connectivity index (χ0) is 16.8. The molecule has 0 aliphatic heterocycles. The molecule has 0 saturated heterocycles. The topological polar surface area (TPSA) is 24.1 Å². The Morgan fingerprint density at radius 1 is 1.18 bits per heavy atom. The van der Waals surface area contributed by atoms with E-state index in [0.29, 0.717) is 16.7 Å². The highest BCUT2D eigenvalue weighted by atomic mass is 32.1. The lowest BCUT2D eigenvalue weighted by Crippen LogP contribution is -2.35. The van der Waals surface area contributed by atoms with Gasteiger partial charge in [0.1, 0.15) is 0 Å². The zero-order valence-electron chi connectivity index (χ0n) is 13.1. The van der Waals surface area contributed by atoms with E-state index in [1.54, 1.807) is 6.07 Å². The van der Waals surface area contributed by atoms with Crippen LogP contribution in [0.3, 0.4) is 0 Å². The van der Waals surface area contributed by atoms with Gasteiger partial charge in [0.05, 0.1) is 5.56 Å². The summed E-state index contributed by atoms with van der Waals surface area (Å²) < 4.78 is 37.9. The summed E-state index contributed by atoms with van der Waals surface area (Å²) in [7, 11) is 0. The molecule has 0 aliphatic carbocycles. The Kier molecular flexibility index (Phi) is 7.13. The van der Waals surface area contributed by atoms with Gasteiger partial charge in [-0.3, -0.25) is 0 Å². The molecule has 1 atom stereocenters. The molecule has 2 nitrogen and oxygen atoms in total. The molecule has 6 heteroatoms. The van der Waals surface area contributed by atoms with Crippen molar-refractivity contribution in [3.63, 3.8) is 0 Å². The van der Waals surface area contributed by atoms with Gasteiger partial charge in [0.25, 0.3) is 0 Å². The minimum Gasteiger partial charge on any atom is -0.360 e. The van der Waals surface area contributed by atoms with Crippen LogP contribution in [0.5, 0.6) is 0 Å². The van der Waals surface area contributed by atoms with Gasteiger partial charge in [0.15, 0.2) is 5.11 Å². The van der Waals surface area contributed by atoms with Crippen LogP contribution in [0.25, 0.3) is 0 Å². The first-order chi connectivity index (χ1) is 10.2. The number of thiocarbonyl (C=S) groups is 1. The second-order valence-corrected chi connectivity index (χ2v) is 6.31. The van der Waals surface area contributed by atoms with Crippen LogP contribution in [-0.2, 0) is 6.18 Å². The Balaban J connectivity index is 2.48. The fourth-order valence-electron chi connectivity index (χ4n) is 2.07. The third kappa shape index (κ3) is 7.11. The van der Waals surface area contributed by atoms with Gasteiger partial charge < -0.3 is 10.6 Å². The molecule has 1 unspecified atom stereocenters. The molecule has 0 spiro atoms. The van der Waals surface area contributed by atoms with Crippen molar-refractivity contribution in [1.29, 1.82) is 0 Å². The van der Waals surface area contributed by atoms with E-state index in [9.17, 15) is 13.2 Å². The SMILES string of the molecule is CC(C)CCCC(C)NC(=S)Nc1cccc(C(F)(F)F)c1. The van der Waals surface area contributed by atoms with E-state index < -0.39 is 11.7 Å². The molecule has 0 fully saturated rings. The van der Waals surface area contributed by atoms with Gasteiger partial charge in [-0.15, -0.1) is 0 Å². The van der Waals surface area contributed by atoms with E-state index in [1.807, 2.05) is 6.92 Å². The Bertz CT molecular complexity index is 487. The van der Waals surface area contributed by atoms with E-state index >= 15 is 0 Å². The van der Waals surface area contributed by atoms with E-state index in [-0.39, 0.29) is 6.04 Å². The van der Waals surface area contributed by atoms with Crippen LogP contribution in [0, 0.1) is 5.92 Å². The van der Waals surface area contributed by atoms with Gasteiger partial charge in [0, 0.05) is 11.7 Å². The van der Waals surface area contributed by atoms with Crippen molar-refractivity contribution in [3.05, 3.63) is 29.8 Å². The van der Waals surface area contributed by atoms with Crippen LogP contribution >= 0.6 is 12.2 Å². The monoisotopic (exact) mass is 332 g/mol. The minimum atomic E-state index is -4.35. The van der Waals surface area contributed by atoms with Crippen LogP contribution in [0.4, 0.5) is 18.9 Å². The van der Waals surface area contributed by atoms with Gasteiger partial charge in [-0.2, -0.15) is 13.2 Å². The second-order valence-electron chi connectivity index (χ2n) is 5.90. The fourth-order valence-corrected chi connectivity index (χ4v) is 2.39. The normalized spacial score (nSPS) is 13.0. The van der Waals surface area contributed by atoms with Crippen LogP contribution < -0.4 is 10.6 Å². The summed E-state index contributed by atoms with van der Waals surface area (Å²) in [5, 5.41) is 6.25. The van der Waals surface area contributed by atoms with Crippen molar-refractivity contribution in [3.8, 4) is 0 Å². The molecule has 0 aromatic heterocycles. The Labute approximate surface area is 135 Å². The quantitative estimate of drug-likeness (QED) is 0.700. The van der Waals surface area contributed by atoms with Gasteiger partial charge in [-0.25, -0.2) is 0 Å². The molecular formula is C16H23F3N2S. The first kappa shape index (κ1) is 18.7. The molecule has 1 aromatic carbocycles. The molecule has 0 amide bonds. The number of alkyl halides is 3. The molecule has 0 heterocycles. The van der Waals surface area contributed by atoms with E-state index in [0.717, 1.165) is 31.4 Å². The summed E-state index contributed by atoms with van der Waals surface area (Å²) in [6.45, 7) is 6.37. The van der Waals surface area contributed by atoms with E-state index in [4.69, 9.17) is 12.2 Å². The zero-order valence-corrected chi connectivity index (χ0v) is 13.9. The molecule has 124 valence electrons. The molecular weight excluding hydrogens is 309 g/mol.